The molecule has 0 saturated heterocycles. The van der Waals surface area contributed by atoms with Crippen molar-refractivity contribution in [1.29, 1.82) is 0 Å². The number of nitrogens with zero attached hydrogens (tertiary/aromatic N) is 2. The van der Waals surface area contributed by atoms with Crippen LogP contribution in [0.4, 0.5) is 0 Å². The van der Waals surface area contributed by atoms with Crippen molar-refractivity contribution in [2.75, 3.05) is 0 Å². The molecule has 0 unspecified atom stereocenters. The molecule has 0 aliphatic carbocycles. The molecule has 1 aromatic carbocycles. The van der Waals surface area contributed by atoms with Gasteiger partial charge in [-0.3, -0.25) is 9.36 Å². The van der Waals surface area contributed by atoms with Crippen molar-refractivity contribution >= 4 is 28.8 Å². The maximum Gasteiger partial charge on any atom is 0.331 e. The van der Waals surface area contributed by atoms with Crippen molar-refractivity contribution in [2.24, 2.45) is 5.73 Å². The largest absolute Gasteiger partial charge is 0.389 e. The first kappa shape index (κ1) is 15.5. The Morgan fingerprint density at radius 2 is 2.05 bits per heavy atom. The van der Waals surface area contributed by atoms with Gasteiger partial charge in [-0.25, -0.2) is 4.79 Å². The van der Waals surface area contributed by atoms with Crippen LogP contribution in [0.25, 0.3) is 0 Å². The standard InChI is InChI=1S/C14H14ClN3O2S/c1-2-17-6-5-12(19)18(14(17)20)8-10-4-3-9(13(16)21)7-11(10)15/h3-7H,2,8H2,1H3,(H2,16,21). The molecule has 2 rings (SSSR count). The second-order valence-electron chi connectivity index (χ2n) is 4.48. The fourth-order valence-corrected chi connectivity index (χ4v) is 2.31. The number of benzene rings is 1. The Morgan fingerprint density at radius 1 is 1.33 bits per heavy atom. The molecule has 21 heavy (non-hydrogen) atoms. The topological polar surface area (TPSA) is 70.0 Å². The van der Waals surface area contributed by atoms with E-state index >= 15 is 0 Å². The van der Waals surface area contributed by atoms with Crippen molar-refractivity contribution in [3.8, 4) is 0 Å². The molecular weight excluding hydrogens is 310 g/mol. The molecule has 2 N–H and O–H groups in total. The number of thiocarbonyl (C=S) groups is 1. The normalized spacial score (nSPS) is 10.6. The van der Waals surface area contributed by atoms with E-state index < -0.39 is 0 Å². The average molecular weight is 324 g/mol. The highest BCUT2D eigenvalue weighted by Crippen LogP contribution is 2.18. The van der Waals surface area contributed by atoms with E-state index in [1.54, 1.807) is 18.2 Å². The molecule has 0 spiro atoms. The fraction of sp³-hybridized carbons (Fsp3) is 0.214. The molecule has 0 aliphatic rings. The van der Waals surface area contributed by atoms with Gasteiger partial charge in [0.25, 0.3) is 5.56 Å². The Balaban J connectivity index is 2.46. The van der Waals surface area contributed by atoms with E-state index in [9.17, 15) is 9.59 Å². The lowest BCUT2D eigenvalue weighted by Gasteiger charge is -2.10. The highest BCUT2D eigenvalue weighted by Gasteiger charge is 2.09. The van der Waals surface area contributed by atoms with E-state index in [-0.39, 0.29) is 22.8 Å². The molecule has 7 heteroatoms. The van der Waals surface area contributed by atoms with Gasteiger partial charge in [-0.15, -0.1) is 0 Å². The van der Waals surface area contributed by atoms with Gasteiger partial charge < -0.3 is 10.3 Å². The average Bonchev–Trinajstić information content (AvgIpc) is 2.44. The SMILES string of the molecule is CCn1ccc(=O)n(Cc2ccc(C(N)=S)cc2Cl)c1=O. The number of rotatable bonds is 4. The summed E-state index contributed by atoms with van der Waals surface area (Å²) in [6, 6.07) is 6.43. The quantitative estimate of drug-likeness (QED) is 0.863. The van der Waals surface area contributed by atoms with E-state index in [0.717, 1.165) is 4.57 Å². The van der Waals surface area contributed by atoms with E-state index in [0.29, 0.717) is 22.7 Å². The van der Waals surface area contributed by atoms with Crippen LogP contribution in [0, 0.1) is 0 Å². The second-order valence-corrected chi connectivity index (χ2v) is 5.33. The summed E-state index contributed by atoms with van der Waals surface area (Å²) < 4.78 is 2.60. The van der Waals surface area contributed by atoms with Crippen LogP contribution in [-0.2, 0) is 13.1 Å². The Labute approximate surface area is 131 Å². The summed E-state index contributed by atoms with van der Waals surface area (Å²) in [5.41, 5.74) is 6.11. The summed E-state index contributed by atoms with van der Waals surface area (Å²) in [6.07, 6.45) is 1.48. The minimum atomic E-state index is -0.362. The van der Waals surface area contributed by atoms with Gasteiger partial charge in [0.15, 0.2) is 0 Å². The molecule has 0 saturated carbocycles. The molecule has 0 aliphatic heterocycles. The Kier molecular flexibility index (Phi) is 4.59. The zero-order valence-corrected chi connectivity index (χ0v) is 12.9. The smallest absolute Gasteiger partial charge is 0.331 e. The van der Waals surface area contributed by atoms with Crippen LogP contribution in [0.2, 0.25) is 5.02 Å². The molecule has 0 fully saturated rings. The van der Waals surface area contributed by atoms with Crippen molar-refractivity contribution in [1.82, 2.24) is 9.13 Å². The molecule has 0 bridgehead atoms. The maximum atomic E-state index is 12.2. The fourth-order valence-electron chi connectivity index (χ4n) is 1.94. The van der Waals surface area contributed by atoms with Crippen molar-refractivity contribution in [3.63, 3.8) is 0 Å². The number of aromatic nitrogens is 2. The van der Waals surface area contributed by atoms with Gasteiger partial charge in [0.05, 0.1) is 6.54 Å². The molecule has 1 heterocycles. The zero-order valence-electron chi connectivity index (χ0n) is 11.4. The Morgan fingerprint density at radius 3 is 2.62 bits per heavy atom. The van der Waals surface area contributed by atoms with Crippen molar-refractivity contribution < 1.29 is 0 Å². The predicted octanol–water partition coefficient (Wildman–Crippen LogP) is 1.37. The number of aryl methyl sites for hydroxylation is 1. The van der Waals surface area contributed by atoms with Gasteiger partial charge in [0.2, 0.25) is 0 Å². The minimum Gasteiger partial charge on any atom is -0.389 e. The van der Waals surface area contributed by atoms with Crippen LogP contribution in [0.1, 0.15) is 18.1 Å². The van der Waals surface area contributed by atoms with E-state index in [1.807, 2.05) is 6.92 Å². The summed E-state index contributed by atoms with van der Waals surface area (Å²) in [5.74, 6) is 0. The number of hydrogen-bond acceptors (Lipinski definition) is 3. The number of hydrogen-bond donors (Lipinski definition) is 1. The summed E-state index contributed by atoms with van der Waals surface area (Å²) >= 11 is 11.0. The van der Waals surface area contributed by atoms with Crippen LogP contribution in [0.15, 0.2) is 40.1 Å². The predicted molar refractivity (Wildman–Crippen MR) is 87.1 cm³/mol. The first-order valence-corrected chi connectivity index (χ1v) is 7.11. The van der Waals surface area contributed by atoms with Crippen LogP contribution in [0.5, 0.6) is 0 Å². The van der Waals surface area contributed by atoms with Gasteiger partial charge in [-0.2, -0.15) is 0 Å². The number of halogens is 1. The van der Waals surface area contributed by atoms with Gasteiger partial charge in [-0.05, 0) is 18.6 Å². The highest BCUT2D eigenvalue weighted by molar-refractivity contribution is 7.80. The van der Waals surface area contributed by atoms with Crippen molar-refractivity contribution in [3.05, 3.63) is 67.4 Å². The summed E-state index contributed by atoms with van der Waals surface area (Å²) in [7, 11) is 0. The van der Waals surface area contributed by atoms with E-state index in [2.05, 4.69) is 0 Å². The summed E-state index contributed by atoms with van der Waals surface area (Å²) in [4.78, 5) is 24.3. The zero-order chi connectivity index (χ0) is 15.6. The molecule has 1 aromatic heterocycles. The van der Waals surface area contributed by atoms with E-state index in [4.69, 9.17) is 29.6 Å². The van der Waals surface area contributed by atoms with Crippen molar-refractivity contribution in [2.45, 2.75) is 20.0 Å². The maximum absolute atomic E-state index is 12.2. The van der Waals surface area contributed by atoms with Gasteiger partial charge in [-0.1, -0.05) is 36.0 Å². The molecule has 0 atom stereocenters. The first-order valence-electron chi connectivity index (χ1n) is 6.32. The third kappa shape index (κ3) is 3.22. The summed E-state index contributed by atoms with van der Waals surface area (Å²) in [6.45, 7) is 2.43. The van der Waals surface area contributed by atoms with Crippen LogP contribution >= 0.6 is 23.8 Å². The van der Waals surface area contributed by atoms with Gasteiger partial charge in [0.1, 0.15) is 4.99 Å². The van der Waals surface area contributed by atoms with Gasteiger partial charge in [0, 0.05) is 29.4 Å². The molecule has 2 aromatic rings. The molecular formula is C14H14ClN3O2S. The molecule has 0 radical (unpaired) electrons. The minimum absolute atomic E-state index is 0.106. The van der Waals surface area contributed by atoms with Crippen LogP contribution < -0.4 is 17.0 Å². The van der Waals surface area contributed by atoms with E-state index in [1.165, 1.54) is 16.8 Å². The molecule has 110 valence electrons. The summed E-state index contributed by atoms with van der Waals surface area (Å²) in [5, 5.41) is 0.415. The number of nitrogens with two attached hydrogens (primary N) is 1. The lowest BCUT2D eigenvalue weighted by Crippen LogP contribution is -2.39. The molecule has 0 amide bonds. The monoisotopic (exact) mass is 323 g/mol. The lowest BCUT2D eigenvalue weighted by atomic mass is 10.1. The Hall–Kier alpha value is -1.92. The third-order valence-electron chi connectivity index (χ3n) is 3.15. The first-order chi connectivity index (χ1) is 9.93. The Bertz CT molecular complexity index is 811. The van der Waals surface area contributed by atoms with Crippen LogP contribution in [0.3, 0.4) is 0 Å². The van der Waals surface area contributed by atoms with Crippen LogP contribution in [-0.4, -0.2) is 14.1 Å². The highest BCUT2D eigenvalue weighted by atomic mass is 35.5. The molecule has 5 nitrogen and oxygen atoms in total. The second kappa shape index (κ2) is 6.24. The third-order valence-corrected chi connectivity index (χ3v) is 3.73. The van der Waals surface area contributed by atoms with Gasteiger partial charge >= 0.3 is 5.69 Å². The lowest BCUT2D eigenvalue weighted by molar-refractivity contribution is 0.600.